The number of nitrogens with one attached hydrogen (secondary N) is 1. The summed E-state index contributed by atoms with van der Waals surface area (Å²) < 4.78 is 0. The Hall–Kier alpha value is -2.02. The summed E-state index contributed by atoms with van der Waals surface area (Å²) in [6.07, 6.45) is 3.76. The Bertz CT molecular complexity index is 650. The van der Waals surface area contributed by atoms with Crippen molar-refractivity contribution in [2.24, 2.45) is 0 Å². The summed E-state index contributed by atoms with van der Waals surface area (Å²) in [5.41, 5.74) is 1.37. The maximum atomic E-state index is 11.1. The number of fused-ring (bicyclic) bond motifs is 1. The summed E-state index contributed by atoms with van der Waals surface area (Å²) in [4.78, 5) is 25.2. The highest BCUT2D eigenvalue weighted by atomic mass is 32.2. The number of hydrogen-bond donors (Lipinski definition) is 2. The molecule has 2 rings (SSSR count). The van der Waals surface area contributed by atoms with Gasteiger partial charge in [-0.25, -0.2) is 0 Å². The van der Waals surface area contributed by atoms with Crippen LogP contribution in [0.25, 0.3) is 10.9 Å². The zero-order chi connectivity index (χ0) is 14.0. The highest BCUT2D eigenvalue weighted by Crippen LogP contribution is 2.35. The Kier molecular flexibility index (Phi) is 3.75. The van der Waals surface area contributed by atoms with Crippen molar-refractivity contribution < 1.29 is 14.8 Å². The van der Waals surface area contributed by atoms with Crippen molar-refractivity contribution in [3.8, 4) is 0 Å². The van der Waals surface area contributed by atoms with E-state index in [0.717, 1.165) is 4.90 Å². The van der Waals surface area contributed by atoms with E-state index in [1.165, 1.54) is 17.8 Å². The number of rotatable bonds is 5. The van der Waals surface area contributed by atoms with Crippen LogP contribution in [0.1, 0.15) is 12.0 Å². The van der Waals surface area contributed by atoms with E-state index >= 15 is 0 Å². The number of non-ortho nitro benzene ring substituents is 1. The molecule has 0 bridgehead atoms. The maximum Gasteiger partial charge on any atom is 0.303 e. The summed E-state index contributed by atoms with van der Waals surface area (Å²) in [6.45, 7) is 0. The molecule has 1 aromatic carbocycles. The van der Waals surface area contributed by atoms with E-state index in [2.05, 4.69) is 4.98 Å². The van der Waals surface area contributed by atoms with Gasteiger partial charge in [0.1, 0.15) is 0 Å². The number of carboxylic acid groups (broad SMARTS) is 1. The molecule has 0 fully saturated rings. The van der Waals surface area contributed by atoms with Crippen molar-refractivity contribution in [2.45, 2.75) is 17.7 Å². The summed E-state index contributed by atoms with van der Waals surface area (Å²) >= 11 is 1.49. The SMILES string of the molecule is CSc1ccc([N+](=O)[O-])c2c(CCC(=O)O)c[nH]c12. The van der Waals surface area contributed by atoms with E-state index in [-0.39, 0.29) is 18.5 Å². The van der Waals surface area contributed by atoms with Gasteiger partial charge in [0.15, 0.2) is 0 Å². The fraction of sp³-hybridized carbons (Fsp3) is 0.250. The first-order valence-corrected chi connectivity index (χ1v) is 6.80. The van der Waals surface area contributed by atoms with Crippen LogP contribution in [0.2, 0.25) is 0 Å². The predicted molar refractivity (Wildman–Crippen MR) is 72.7 cm³/mol. The number of hydrogen-bond acceptors (Lipinski definition) is 4. The summed E-state index contributed by atoms with van der Waals surface area (Å²) in [5, 5.41) is 20.3. The molecular formula is C12H12N2O4S. The minimum Gasteiger partial charge on any atom is -0.481 e. The molecule has 7 heteroatoms. The molecule has 1 aromatic heterocycles. The second-order valence-electron chi connectivity index (χ2n) is 4.00. The average molecular weight is 280 g/mol. The molecule has 100 valence electrons. The van der Waals surface area contributed by atoms with Gasteiger partial charge in [0.2, 0.25) is 0 Å². The first-order chi connectivity index (χ1) is 9.04. The fourth-order valence-electron chi connectivity index (χ4n) is 2.03. The van der Waals surface area contributed by atoms with Gasteiger partial charge < -0.3 is 10.1 Å². The average Bonchev–Trinajstić information content (AvgIpc) is 2.78. The molecule has 2 N–H and O–H groups in total. The lowest BCUT2D eigenvalue weighted by atomic mass is 10.1. The number of aliphatic carboxylic acids is 1. The minimum atomic E-state index is -0.918. The third-order valence-corrected chi connectivity index (χ3v) is 3.66. The molecule has 19 heavy (non-hydrogen) atoms. The van der Waals surface area contributed by atoms with Gasteiger partial charge in [-0.3, -0.25) is 14.9 Å². The van der Waals surface area contributed by atoms with E-state index < -0.39 is 10.9 Å². The second kappa shape index (κ2) is 5.31. The van der Waals surface area contributed by atoms with Crippen LogP contribution in [0.4, 0.5) is 5.69 Å². The largest absolute Gasteiger partial charge is 0.481 e. The molecule has 0 amide bonds. The van der Waals surface area contributed by atoms with E-state index in [0.29, 0.717) is 16.5 Å². The lowest BCUT2D eigenvalue weighted by Gasteiger charge is -2.02. The Balaban J connectivity index is 2.59. The van der Waals surface area contributed by atoms with Crippen LogP contribution in [-0.4, -0.2) is 27.2 Å². The highest BCUT2D eigenvalue weighted by molar-refractivity contribution is 7.98. The number of nitrogens with zero attached hydrogens (tertiary/aromatic N) is 1. The van der Waals surface area contributed by atoms with Gasteiger partial charge in [0.25, 0.3) is 5.69 Å². The summed E-state index contributed by atoms with van der Waals surface area (Å²) in [5.74, 6) is -0.918. The van der Waals surface area contributed by atoms with Crippen molar-refractivity contribution in [3.63, 3.8) is 0 Å². The Morgan fingerprint density at radius 1 is 1.53 bits per heavy atom. The third-order valence-electron chi connectivity index (χ3n) is 2.88. The molecule has 0 radical (unpaired) electrons. The summed E-state index contributed by atoms with van der Waals surface area (Å²) in [6, 6.07) is 3.16. The molecule has 2 aromatic rings. The normalized spacial score (nSPS) is 10.8. The molecule has 0 aliphatic heterocycles. The fourth-order valence-corrected chi connectivity index (χ4v) is 2.60. The number of H-pyrrole nitrogens is 1. The lowest BCUT2D eigenvalue weighted by Crippen LogP contribution is -1.98. The van der Waals surface area contributed by atoms with Gasteiger partial charge in [-0.05, 0) is 24.3 Å². The van der Waals surface area contributed by atoms with Crippen LogP contribution >= 0.6 is 11.8 Å². The Labute approximate surface area is 113 Å². The van der Waals surface area contributed by atoms with Crippen molar-refractivity contribution >= 4 is 34.3 Å². The van der Waals surface area contributed by atoms with Crippen LogP contribution in [0.5, 0.6) is 0 Å². The number of carbonyl (C=O) groups is 1. The van der Waals surface area contributed by atoms with Gasteiger partial charge in [0, 0.05) is 23.6 Å². The van der Waals surface area contributed by atoms with Crippen molar-refractivity contribution in [3.05, 3.63) is 34.0 Å². The maximum absolute atomic E-state index is 11.1. The molecule has 0 aliphatic rings. The number of aryl methyl sites for hydroxylation is 1. The first kappa shape index (κ1) is 13.4. The molecule has 1 heterocycles. The zero-order valence-corrected chi connectivity index (χ0v) is 11.0. The number of carboxylic acids is 1. The first-order valence-electron chi connectivity index (χ1n) is 5.57. The lowest BCUT2D eigenvalue weighted by molar-refractivity contribution is -0.383. The van der Waals surface area contributed by atoms with Gasteiger partial charge in [-0.1, -0.05) is 0 Å². The van der Waals surface area contributed by atoms with Crippen molar-refractivity contribution in [1.82, 2.24) is 4.98 Å². The van der Waals surface area contributed by atoms with Gasteiger partial charge in [-0.15, -0.1) is 11.8 Å². The number of nitro groups is 1. The number of aromatic amines is 1. The molecule has 6 nitrogen and oxygen atoms in total. The molecular weight excluding hydrogens is 268 g/mol. The van der Waals surface area contributed by atoms with Crippen molar-refractivity contribution in [1.29, 1.82) is 0 Å². The van der Waals surface area contributed by atoms with Crippen molar-refractivity contribution in [2.75, 3.05) is 6.26 Å². The van der Waals surface area contributed by atoms with Gasteiger partial charge in [0.05, 0.1) is 15.8 Å². The molecule has 0 unspecified atom stereocenters. The smallest absolute Gasteiger partial charge is 0.303 e. The van der Waals surface area contributed by atoms with Gasteiger partial charge in [-0.2, -0.15) is 0 Å². The van der Waals surface area contributed by atoms with Crippen LogP contribution in [0.15, 0.2) is 23.2 Å². The Morgan fingerprint density at radius 2 is 2.26 bits per heavy atom. The van der Waals surface area contributed by atoms with E-state index in [4.69, 9.17) is 5.11 Å². The standard InChI is InChI=1S/C12H12N2O4S/c1-19-9-4-3-8(14(17)18)11-7(2-5-10(15)16)6-13-12(9)11/h3-4,6,13H,2,5H2,1H3,(H,15,16). The van der Waals surface area contributed by atoms with Crippen LogP contribution in [0, 0.1) is 10.1 Å². The quantitative estimate of drug-likeness (QED) is 0.498. The highest BCUT2D eigenvalue weighted by Gasteiger charge is 2.19. The molecule has 0 saturated carbocycles. The molecule has 0 saturated heterocycles. The minimum absolute atomic E-state index is 0.00874. The second-order valence-corrected chi connectivity index (χ2v) is 4.85. The molecule has 0 atom stereocenters. The number of thioether (sulfide) groups is 1. The predicted octanol–water partition coefficient (Wildman–Crippen LogP) is 2.82. The molecule has 0 spiro atoms. The Morgan fingerprint density at radius 3 is 2.84 bits per heavy atom. The van der Waals surface area contributed by atoms with E-state index in [1.807, 2.05) is 6.26 Å². The van der Waals surface area contributed by atoms with E-state index in [1.54, 1.807) is 12.3 Å². The monoisotopic (exact) mass is 280 g/mol. The number of aromatic nitrogens is 1. The number of benzene rings is 1. The van der Waals surface area contributed by atoms with Crippen LogP contribution in [-0.2, 0) is 11.2 Å². The number of nitro benzene ring substituents is 1. The summed E-state index contributed by atoms with van der Waals surface area (Å²) in [7, 11) is 0. The molecule has 0 aliphatic carbocycles. The van der Waals surface area contributed by atoms with Crippen LogP contribution < -0.4 is 0 Å². The topological polar surface area (TPSA) is 96.2 Å². The van der Waals surface area contributed by atoms with E-state index in [9.17, 15) is 14.9 Å². The van der Waals surface area contributed by atoms with Gasteiger partial charge >= 0.3 is 5.97 Å². The third kappa shape index (κ3) is 2.55. The van der Waals surface area contributed by atoms with Crippen LogP contribution in [0.3, 0.4) is 0 Å². The zero-order valence-electron chi connectivity index (χ0n) is 10.2.